The first-order valence-electron chi connectivity index (χ1n) is 13.1. The van der Waals surface area contributed by atoms with Crippen molar-refractivity contribution in [1.82, 2.24) is 0 Å². The van der Waals surface area contributed by atoms with Crippen molar-refractivity contribution >= 4 is 46.6 Å². The van der Waals surface area contributed by atoms with Crippen molar-refractivity contribution < 1.29 is 38.7 Å². The Kier molecular flexibility index (Phi) is 13.7. The largest absolute Gasteiger partial charge is 0.481 e. The van der Waals surface area contributed by atoms with Crippen LogP contribution in [0.15, 0.2) is 4.99 Å². The number of rotatable bonds is 6. The Morgan fingerprint density at radius 2 is 1.24 bits per heavy atom. The summed E-state index contributed by atoms with van der Waals surface area (Å²) < 4.78 is 0. The summed E-state index contributed by atoms with van der Waals surface area (Å²) in [6.45, 7) is 5.00. The summed E-state index contributed by atoms with van der Waals surface area (Å²) in [6, 6.07) is 0. The van der Waals surface area contributed by atoms with E-state index >= 15 is 0 Å². The maximum Gasteiger partial charge on any atom is 0.304 e. The van der Waals surface area contributed by atoms with Crippen molar-refractivity contribution in [2.24, 2.45) is 46.0 Å². The van der Waals surface area contributed by atoms with E-state index in [0.29, 0.717) is 12.8 Å². The van der Waals surface area contributed by atoms with Gasteiger partial charge in [-0.05, 0) is 12.8 Å². The standard InChI is InChI=1S/C27H41N3O8/c1-15-9-23(34)17(3)11-25(36)19(14-26(37)38)12-20(31)6-7-21(32)18(5-4-8-30-27(28)29)13-24(35)16(2)10-22(15)33/h15-19H,4-14H2,1-3H3,(H,37,38)(H4,28,29,30)/t15?,16?,17?,18-,19+/m1/s1. The maximum atomic E-state index is 13.0. The van der Waals surface area contributed by atoms with Crippen LogP contribution in [-0.4, -0.2) is 58.3 Å². The van der Waals surface area contributed by atoms with Gasteiger partial charge >= 0.3 is 5.97 Å². The molecule has 1 saturated carbocycles. The van der Waals surface area contributed by atoms with Crippen molar-refractivity contribution in [3.63, 3.8) is 0 Å². The van der Waals surface area contributed by atoms with Crippen molar-refractivity contribution in [2.45, 2.75) is 85.0 Å². The van der Waals surface area contributed by atoms with E-state index in [1.165, 1.54) is 6.92 Å². The van der Waals surface area contributed by atoms with Gasteiger partial charge in [-0.15, -0.1) is 0 Å². The van der Waals surface area contributed by atoms with Gasteiger partial charge in [-0.1, -0.05) is 20.8 Å². The predicted octanol–water partition coefficient (Wildman–Crippen LogP) is 1.81. The lowest BCUT2D eigenvalue weighted by molar-refractivity contribution is -0.142. The molecule has 11 heteroatoms. The molecule has 1 aliphatic carbocycles. The number of carboxylic acid groups (broad SMARTS) is 1. The van der Waals surface area contributed by atoms with Crippen molar-refractivity contribution in [3.05, 3.63) is 0 Å². The molecule has 0 amide bonds. The third-order valence-electron chi connectivity index (χ3n) is 7.08. The second kappa shape index (κ2) is 15.9. The van der Waals surface area contributed by atoms with Gasteiger partial charge in [-0.25, -0.2) is 0 Å². The number of hydrogen-bond donors (Lipinski definition) is 3. The molecule has 1 aliphatic rings. The fourth-order valence-electron chi connectivity index (χ4n) is 4.54. The molecule has 0 spiro atoms. The minimum Gasteiger partial charge on any atom is -0.481 e. The smallest absolute Gasteiger partial charge is 0.304 e. The second-order valence-electron chi connectivity index (χ2n) is 10.5. The molecule has 0 aliphatic heterocycles. The zero-order valence-electron chi connectivity index (χ0n) is 22.6. The minimum absolute atomic E-state index is 0.0747. The van der Waals surface area contributed by atoms with Gasteiger partial charge in [-0.2, -0.15) is 0 Å². The van der Waals surface area contributed by atoms with Crippen molar-refractivity contribution in [1.29, 1.82) is 0 Å². The van der Waals surface area contributed by atoms with E-state index in [1.54, 1.807) is 13.8 Å². The Balaban J connectivity index is 3.18. The molecule has 1 rings (SSSR count). The number of ketones is 6. The highest BCUT2D eigenvalue weighted by Crippen LogP contribution is 2.24. The van der Waals surface area contributed by atoms with Crippen molar-refractivity contribution in [3.8, 4) is 0 Å². The Morgan fingerprint density at radius 3 is 1.74 bits per heavy atom. The van der Waals surface area contributed by atoms with Crippen LogP contribution in [0.25, 0.3) is 0 Å². The van der Waals surface area contributed by atoms with E-state index in [9.17, 15) is 38.7 Å². The van der Waals surface area contributed by atoms with Gasteiger partial charge in [0.2, 0.25) is 0 Å². The molecule has 0 radical (unpaired) electrons. The Hall–Kier alpha value is -3.24. The number of nitrogens with zero attached hydrogens (tertiary/aromatic N) is 1. The number of aliphatic imine (C=N–C) groups is 1. The van der Waals surface area contributed by atoms with Gasteiger partial charge in [0.05, 0.1) is 6.42 Å². The second-order valence-corrected chi connectivity index (χ2v) is 10.5. The Bertz CT molecular complexity index is 954. The number of nitrogens with two attached hydrogens (primary N) is 2. The SMILES string of the molecule is CC1CC(=O)C(C)CC(=O)[C@H](CC(=O)O)CC(=O)CCC(=O)[C@H](CCCN=C(N)N)CC(=O)C(C)CC1=O. The molecule has 0 bridgehead atoms. The molecule has 38 heavy (non-hydrogen) atoms. The highest BCUT2D eigenvalue weighted by molar-refractivity contribution is 5.97. The zero-order chi connectivity index (χ0) is 29.0. The first-order valence-corrected chi connectivity index (χ1v) is 13.1. The molecule has 212 valence electrons. The summed E-state index contributed by atoms with van der Waals surface area (Å²) in [6.07, 6.45) is -1.06. The number of hydrogen-bond acceptors (Lipinski definition) is 8. The fraction of sp³-hybridized carbons (Fsp3) is 0.704. The molecular formula is C27H41N3O8. The third-order valence-corrected chi connectivity index (χ3v) is 7.08. The summed E-state index contributed by atoms with van der Waals surface area (Å²) >= 11 is 0. The third kappa shape index (κ3) is 11.9. The fourth-order valence-corrected chi connectivity index (χ4v) is 4.54. The molecule has 0 aromatic carbocycles. The van der Waals surface area contributed by atoms with Gasteiger partial charge in [0.1, 0.15) is 34.7 Å². The van der Waals surface area contributed by atoms with E-state index in [1.807, 2.05) is 0 Å². The van der Waals surface area contributed by atoms with Crippen LogP contribution in [0, 0.1) is 29.6 Å². The van der Waals surface area contributed by atoms with E-state index < -0.39 is 53.5 Å². The molecule has 3 unspecified atom stereocenters. The van der Waals surface area contributed by atoms with Crippen molar-refractivity contribution in [2.75, 3.05) is 6.54 Å². The monoisotopic (exact) mass is 535 g/mol. The van der Waals surface area contributed by atoms with E-state index in [0.717, 1.165) is 0 Å². The average Bonchev–Trinajstić information content (AvgIpc) is 2.82. The van der Waals surface area contributed by atoms with Gasteiger partial charge in [0.25, 0.3) is 0 Å². The number of Topliss-reactive ketones (excluding diaryl/α,β-unsaturated/α-hetero) is 6. The van der Waals surface area contributed by atoms with Crippen LogP contribution in [0.5, 0.6) is 0 Å². The lowest BCUT2D eigenvalue weighted by Crippen LogP contribution is -2.29. The number of carbonyl (C=O) groups excluding carboxylic acids is 6. The molecule has 5 N–H and O–H groups in total. The van der Waals surface area contributed by atoms with E-state index in [2.05, 4.69) is 4.99 Å². The quantitative estimate of drug-likeness (QED) is 0.255. The van der Waals surface area contributed by atoms with Crippen LogP contribution in [0.1, 0.15) is 85.0 Å². The molecule has 1 fully saturated rings. The normalized spacial score (nSPS) is 27.5. The molecule has 5 atom stereocenters. The summed E-state index contributed by atoms with van der Waals surface area (Å²) in [7, 11) is 0. The maximum absolute atomic E-state index is 13.0. The van der Waals surface area contributed by atoms with Crippen LogP contribution in [-0.2, 0) is 33.6 Å². The summed E-state index contributed by atoms with van der Waals surface area (Å²) in [5, 5.41) is 9.23. The minimum atomic E-state index is -1.25. The summed E-state index contributed by atoms with van der Waals surface area (Å²) in [5.74, 6) is -7.29. The van der Waals surface area contributed by atoms with Crippen LogP contribution >= 0.6 is 0 Å². The Morgan fingerprint density at radius 1 is 0.737 bits per heavy atom. The zero-order valence-corrected chi connectivity index (χ0v) is 22.6. The highest BCUT2D eigenvalue weighted by atomic mass is 16.4. The number of carboxylic acids is 1. The number of guanidine groups is 1. The molecule has 0 aromatic rings. The summed E-state index contributed by atoms with van der Waals surface area (Å²) in [5.41, 5.74) is 10.7. The van der Waals surface area contributed by atoms with Crippen LogP contribution in [0.3, 0.4) is 0 Å². The van der Waals surface area contributed by atoms with Gasteiger partial charge in [0, 0.05) is 81.1 Å². The van der Waals surface area contributed by atoms with Gasteiger partial charge < -0.3 is 16.6 Å². The molecule has 11 nitrogen and oxygen atoms in total. The topological polar surface area (TPSA) is 204 Å². The lowest BCUT2D eigenvalue weighted by Gasteiger charge is -2.20. The number of aliphatic carboxylic acids is 1. The van der Waals surface area contributed by atoms with Gasteiger partial charge in [-0.3, -0.25) is 38.6 Å². The lowest BCUT2D eigenvalue weighted by atomic mass is 9.82. The number of carbonyl (C=O) groups is 7. The van der Waals surface area contributed by atoms with E-state index in [-0.39, 0.29) is 80.6 Å². The van der Waals surface area contributed by atoms with Crippen LogP contribution < -0.4 is 11.5 Å². The molecule has 0 heterocycles. The Labute approximate surface area is 223 Å². The first-order chi connectivity index (χ1) is 17.7. The highest BCUT2D eigenvalue weighted by Gasteiger charge is 2.31. The van der Waals surface area contributed by atoms with Crippen LogP contribution in [0.4, 0.5) is 0 Å². The average molecular weight is 536 g/mol. The molecular weight excluding hydrogens is 494 g/mol. The van der Waals surface area contributed by atoms with Crippen LogP contribution in [0.2, 0.25) is 0 Å². The first kappa shape index (κ1) is 32.8. The molecule has 0 saturated heterocycles. The molecule has 0 aromatic heterocycles. The van der Waals surface area contributed by atoms with Gasteiger partial charge in [0.15, 0.2) is 5.96 Å². The summed E-state index contributed by atoms with van der Waals surface area (Å²) in [4.78, 5) is 92.0. The predicted molar refractivity (Wildman–Crippen MR) is 139 cm³/mol. The van der Waals surface area contributed by atoms with E-state index in [4.69, 9.17) is 11.5 Å².